The number of hydrogen-bond acceptors (Lipinski definition) is 4. The van der Waals surface area contributed by atoms with E-state index in [1.54, 1.807) is 12.3 Å². The Hall–Kier alpha value is -1.94. The van der Waals surface area contributed by atoms with Gasteiger partial charge in [-0.2, -0.15) is 0 Å². The van der Waals surface area contributed by atoms with Crippen LogP contribution < -0.4 is 11.3 Å². The van der Waals surface area contributed by atoms with Crippen LogP contribution in [0.3, 0.4) is 0 Å². The van der Waals surface area contributed by atoms with Gasteiger partial charge in [-0.15, -0.1) is 0 Å². The van der Waals surface area contributed by atoms with Gasteiger partial charge < -0.3 is 5.43 Å². The lowest BCUT2D eigenvalue weighted by molar-refractivity contribution is 1.14. The molecule has 0 radical (unpaired) electrons. The van der Waals surface area contributed by atoms with E-state index in [2.05, 4.69) is 28.4 Å². The molecule has 3 N–H and O–H groups in total. The standard InChI is InChI=1S/C12H14N4/c1-8-3-4-10(9(2)7-8)12-14-6-5-11(15-12)16-13/h3-7H,13H2,1-2H3,(H,14,15,16). The fourth-order valence-electron chi connectivity index (χ4n) is 1.63. The van der Waals surface area contributed by atoms with Crippen molar-refractivity contribution in [1.29, 1.82) is 0 Å². The van der Waals surface area contributed by atoms with Gasteiger partial charge in [0.05, 0.1) is 0 Å². The zero-order valence-electron chi connectivity index (χ0n) is 9.36. The van der Waals surface area contributed by atoms with Crippen LogP contribution in [0.1, 0.15) is 11.1 Å². The number of rotatable bonds is 2. The van der Waals surface area contributed by atoms with E-state index in [-0.39, 0.29) is 0 Å². The average Bonchev–Trinajstić information content (AvgIpc) is 2.29. The fraction of sp³-hybridized carbons (Fsp3) is 0.167. The van der Waals surface area contributed by atoms with E-state index in [1.165, 1.54) is 5.56 Å². The predicted molar refractivity (Wildman–Crippen MR) is 64.8 cm³/mol. The third-order valence-corrected chi connectivity index (χ3v) is 2.43. The molecule has 0 spiro atoms. The maximum absolute atomic E-state index is 5.32. The highest BCUT2D eigenvalue weighted by Crippen LogP contribution is 2.21. The average molecular weight is 214 g/mol. The van der Waals surface area contributed by atoms with Gasteiger partial charge in [0.25, 0.3) is 0 Å². The third-order valence-electron chi connectivity index (χ3n) is 2.43. The zero-order chi connectivity index (χ0) is 11.5. The summed E-state index contributed by atoms with van der Waals surface area (Å²) in [5.41, 5.74) is 5.94. The minimum absolute atomic E-state index is 0.616. The van der Waals surface area contributed by atoms with Crippen molar-refractivity contribution < 1.29 is 0 Å². The van der Waals surface area contributed by atoms with Crippen molar-refractivity contribution in [1.82, 2.24) is 9.97 Å². The van der Waals surface area contributed by atoms with Crippen molar-refractivity contribution in [3.05, 3.63) is 41.6 Å². The molecule has 1 heterocycles. The quantitative estimate of drug-likeness (QED) is 0.593. The molecule has 0 aliphatic rings. The lowest BCUT2D eigenvalue weighted by Gasteiger charge is -2.06. The van der Waals surface area contributed by atoms with Gasteiger partial charge in [-0.05, 0) is 19.4 Å². The molecule has 1 aromatic carbocycles. The minimum Gasteiger partial charge on any atom is -0.308 e. The second-order valence-corrected chi connectivity index (χ2v) is 3.73. The van der Waals surface area contributed by atoms with Gasteiger partial charge in [-0.25, -0.2) is 15.8 Å². The smallest absolute Gasteiger partial charge is 0.161 e. The molecule has 2 rings (SSSR count). The number of hydrogen-bond donors (Lipinski definition) is 2. The highest BCUT2D eigenvalue weighted by atomic mass is 15.3. The van der Waals surface area contributed by atoms with Crippen LogP contribution in [-0.2, 0) is 0 Å². The van der Waals surface area contributed by atoms with Gasteiger partial charge in [0, 0.05) is 17.8 Å². The van der Waals surface area contributed by atoms with Crippen molar-refractivity contribution in [2.75, 3.05) is 5.43 Å². The van der Waals surface area contributed by atoms with E-state index in [4.69, 9.17) is 5.84 Å². The fourth-order valence-corrected chi connectivity index (χ4v) is 1.63. The first-order valence-corrected chi connectivity index (χ1v) is 5.08. The van der Waals surface area contributed by atoms with Crippen molar-refractivity contribution in [3.8, 4) is 11.4 Å². The summed E-state index contributed by atoms with van der Waals surface area (Å²) in [4.78, 5) is 8.55. The van der Waals surface area contributed by atoms with Crippen LogP contribution in [0, 0.1) is 13.8 Å². The molecule has 82 valence electrons. The van der Waals surface area contributed by atoms with Gasteiger partial charge in [-0.1, -0.05) is 23.8 Å². The molecule has 0 amide bonds. The molecule has 4 heteroatoms. The molecule has 0 fully saturated rings. The summed E-state index contributed by atoms with van der Waals surface area (Å²) in [7, 11) is 0. The van der Waals surface area contributed by atoms with Gasteiger partial charge in [-0.3, -0.25) is 0 Å². The Bertz CT molecular complexity index is 508. The van der Waals surface area contributed by atoms with E-state index in [0.717, 1.165) is 11.1 Å². The summed E-state index contributed by atoms with van der Waals surface area (Å²) >= 11 is 0. The molecule has 2 aromatic rings. The number of nitrogens with one attached hydrogen (secondary N) is 1. The Morgan fingerprint density at radius 1 is 1.19 bits per heavy atom. The Morgan fingerprint density at radius 3 is 2.69 bits per heavy atom. The van der Waals surface area contributed by atoms with E-state index < -0.39 is 0 Å². The first kappa shape index (κ1) is 10.6. The summed E-state index contributed by atoms with van der Waals surface area (Å²) in [6, 6.07) is 7.92. The molecule has 0 unspecified atom stereocenters. The summed E-state index contributed by atoms with van der Waals surface area (Å²) in [5, 5.41) is 0. The maximum Gasteiger partial charge on any atom is 0.161 e. The molecule has 0 saturated heterocycles. The first-order valence-electron chi connectivity index (χ1n) is 5.08. The summed E-state index contributed by atoms with van der Waals surface area (Å²) in [6.07, 6.45) is 1.69. The third kappa shape index (κ3) is 2.01. The highest BCUT2D eigenvalue weighted by Gasteiger charge is 2.05. The summed E-state index contributed by atoms with van der Waals surface area (Å²) in [6.45, 7) is 4.11. The van der Waals surface area contributed by atoms with Crippen molar-refractivity contribution in [2.45, 2.75) is 13.8 Å². The maximum atomic E-state index is 5.32. The Morgan fingerprint density at radius 2 is 2.00 bits per heavy atom. The van der Waals surface area contributed by atoms with Crippen molar-refractivity contribution >= 4 is 5.82 Å². The van der Waals surface area contributed by atoms with Crippen LogP contribution in [0.4, 0.5) is 5.82 Å². The first-order chi connectivity index (χ1) is 7.70. The van der Waals surface area contributed by atoms with Crippen LogP contribution >= 0.6 is 0 Å². The van der Waals surface area contributed by atoms with Crippen LogP contribution in [0.25, 0.3) is 11.4 Å². The molecular formula is C12H14N4. The minimum atomic E-state index is 0.616. The number of aromatic nitrogens is 2. The van der Waals surface area contributed by atoms with Gasteiger partial charge in [0.2, 0.25) is 0 Å². The largest absolute Gasteiger partial charge is 0.308 e. The number of nitrogen functional groups attached to an aromatic ring is 1. The molecule has 16 heavy (non-hydrogen) atoms. The monoisotopic (exact) mass is 214 g/mol. The van der Waals surface area contributed by atoms with Gasteiger partial charge in [0.1, 0.15) is 5.82 Å². The predicted octanol–water partition coefficient (Wildman–Crippen LogP) is 2.05. The second-order valence-electron chi connectivity index (χ2n) is 3.73. The van der Waals surface area contributed by atoms with E-state index in [9.17, 15) is 0 Å². The van der Waals surface area contributed by atoms with Crippen molar-refractivity contribution in [3.63, 3.8) is 0 Å². The second kappa shape index (κ2) is 4.28. The highest BCUT2D eigenvalue weighted by molar-refractivity contribution is 5.61. The molecule has 0 aliphatic heterocycles. The molecule has 0 bridgehead atoms. The van der Waals surface area contributed by atoms with Crippen molar-refractivity contribution in [2.24, 2.45) is 5.84 Å². The number of anilines is 1. The number of nitrogens with zero attached hydrogens (tertiary/aromatic N) is 2. The Labute approximate surface area is 94.5 Å². The number of aryl methyl sites for hydroxylation is 2. The lowest BCUT2D eigenvalue weighted by Crippen LogP contribution is -2.09. The van der Waals surface area contributed by atoms with E-state index >= 15 is 0 Å². The van der Waals surface area contributed by atoms with Gasteiger partial charge >= 0.3 is 0 Å². The molecule has 0 saturated carbocycles. The lowest BCUT2D eigenvalue weighted by atomic mass is 10.1. The van der Waals surface area contributed by atoms with Crippen LogP contribution in [-0.4, -0.2) is 9.97 Å². The van der Waals surface area contributed by atoms with E-state index in [0.29, 0.717) is 11.6 Å². The van der Waals surface area contributed by atoms with Crippen LogP contribution in [0.15, 0.2) is 30.5 Å². The van der Waals surface area contributed by atoms with E-state index in [1.807, 2.05) is 19.1 Å². The van der Waals surface area contributed by atoms with Gasteiger partial charge in [0.15, 0.2) is 5.82 Å². The molecule has 0 atom stereocenters. The van der Waals surface area contributed by atoms with Crippen LogP contribution in [0.5, 0.6) is 0 Å². The summed E-state index contributed by atoms with van der Waals surface area (Å²) in [5.74, 6) is 6.62. The SMILES string of the molecule is Cc1ccc(-c2nccc(NN)n2)c(C)c1. The number of nitrogens with two attached hydrogens (primary N) is 1. The zero-order valence-corrected chi connectivity index (χ0v) is 9.36. The topological polar surface area (TPSA) is 63.8 Å². The Balaban J connectivity index is 2.49. The molecule has 0 aliphatic carbocycles. The molecule has 1 aromatic heterocycles. The number of hydrazine groups is 1. The number of benzene rings is 1. The normalized spacial score (nSPS) is 10.2. The molecular weight excluding hydrogens is 200 g/mol. The van der Waals surface area contributed by atoms with Crippen LogP contribution in [0.2, 0.25) is 0 Å². The Kier molecular flexibility index (Phi) is 2.83. The summed E-state index contributed by atoms with van der Waals surface area (Å²) < 4.78 is 0. The molecule has 4 nitrogen and oxygen atoms in total.